The number of fused-ring (bicyclic) bond motifs is 3. The Labute approximate surface area is 145 Å². The largest absolute Gasteiger partial charge is 0.464 e. The van der Waals surface area contributed by atoms with Crippen molar-refractivity contribution in [3.63, 3.8) is 0 Å². The van der Waals surface area contributed by atoms with Crippen molar-refractivity contribution in [1.82, 2.24) is 9.78 Å². The van der Waals surface area contributed by atoms with Gasteiger partial charge in [-0.15, -0.1) is 0 Å². The third-order valence-electron chi connectivity index (χ3n) is 4.24. The molecule has 0 saturated heterocycles. The Morgan fingerprint density at radius 3 is 2.83 bits per heavy atom. The average Bonchev–Trinajstić information content (AvgIpc) is 2.90. The van der Waals surface area contributed by atoms with Crippen LogP contribution in [0.15, 0.2) is 28.9 Å². The molecule has 1 atom stereocenters. The zero-order chi connectivity index (χ0) is 16.6. The first-order valence-corrected chi connectivity index (χ1v) is 8.84. The average molecular weight is 377 g/mol. The maximum Gasteiger partial charge on any atom is 0.331 e. The minimum atomic E-state index is -0.376. The van der Waals surface area contributed by atoms with Crippen molar-refractivity contribution in [1.29, 1.82) is 0 Å². The normalized spacial score (nSPS) is 14.3. The van der Waals surface area contributed by atoms with E-state index in [0.717, 1.165) is 28.6 Å². The van der Waals surface area contributed by atoms with E-state index in [1.165, 1.54) is 11.1 Å². The summed E-state index contributed by atoms with van der Waals surface area (Å²) in [5.41, 5.74) is 4.74. The zero-order valence-electron chi connectivity index (χ0n) is 13.7. The van der Waals surface area contributed by atoms with Gasteiger partial charge in [-0.05, 0) is 48.9 Å². The number of benzene rings is 1. The number of esters is 1. The number of ether oxygens (including phenoxy) is 1. The summed E-state index contributed by atoms with van der Waals surface area (Å²) in [7, 11) is 0. The van der Waals surface area contributed by atoms with E-state index in [2.05, 4.69) is 34.1 Å². The minimum Gasteiger partial charge on any atom is -0.464 e. The number of hydrogen-bond donors (Lipinski definition) is 0. The molecule has 1 aliphatic rings. The molecule has 3 rings (SSSR count). The van der Waals surface area contributed by atoms with Crippen LogP contribution in [0.4, 0.5) is 0 Å². The van der Waals surface area contributed by atoms with Crippen LogP contribution in [-0.4, -0.2) is 22.4 Å². The SMILES string of the molecule is CCOC(=O)C(C(C)C)n1cc2c(n1)CCc1cc(Br)ccc1-2. The van der Waals surface area contributed by atoms with E-state index >= 15 is 0 Å². The van der Waals surface area contributed by atoms with Crippen LogP contribution < -0.4 is 0 Å². The Morgan fingerprint density at radius 1 is 1.35 bits per heavy atom. The summed E-state index contributed by atoms with van der Waals surface area (Å²) in [6.07, 6.45) is 3.88. The maximum atomic E-state index is 12.3. The molecule has 0 radical (unpaired) electrons. The third-order valence-corrected chi connectivity index (χ3v) is 4.73. The molecule has 0 spiro atoms. The van der Waals surface area contributed by atoms with Gasteiger partial charge in [0.1, 0.15) is 0 Å². The molecule has 0 N–H and O–H groups in total. The van der Waals surface area contributed by atoms with Gasteiger partial charge in [0, 0.05) is 16.2 Å². The van der Waals surface area contributed by atoms with Crippen molar-refractivity contribution < 1.29 is 9.53 Å². The van der Waals surface area contributed by atoms with Crippen LogP contribution in [0, 0.1) is 5.92 Å². The van der Waals surface area contributed by atoms with Gasteiger partial charge in [-0.2, -0.15) is 5.10 Å². The molecule has 1 heterocycles. The van der Waals surface area contributed by atoms with E-state index in [1.54, 1.807) is 4.68 Å². The fourth-order valence-electron chi connectivity index (χ4n) is 3.18. The second-order valence-corrected chi connectivity index (χ2v) is 7.13. The molecule has 0 amide bonds. The quantitative estimate of drug-likeness (QED) is 0.752. The molecular formula is C18H21BrN2O2. The predicted octanol–water partition coefficient (Wildman–Crippen LogP) is 4.17. The Morgan fingerprint density at radius 2 is 2.13 bits per heavy atom. The standard InChI is InChI=1S/C18H21BrN2O2/c1-4-23-18(22)17(11(2)3)21-10-15-14-7-6-13(19)9-12(14)5-8-16(15)20-21/h6-7,9-11,17H,4-5,8H2,1-3H3. The molecule has 0 fully saturated rings. The van der Waals surface area contributed by atoms with Crippen molar-refractivity contribution in [2.75, 3.05) is 6.61 Å². The van der Waals surface area contributed by atoms with Crippen molar-refractivity contribution in [3.05, 3.63) is 40.1 Å². The summed E-state index contributed by atoms with van der Waals surface area (Å²) in [6.45, 7) is 6.26. The van der Waals surface area contributed by atoms with Gasteiger partial charge < -0.3 is 4.74 Å². The molecule has 1 unspecified atom stereocenters. The highest BCUT2D eigenvalue weighted by molar-refractivity contribution is 9.10. The van der Waals surface area contributed by atoms with E-state index in [9.17, 15) is 4.79 Å². The lowest BCUT2D eigenvalue weighted by Crippen LogP contribution is -2.27. The molecule has 0 aliphatic heterocycles. The molecule has 1 aromatic heterocycles. The fourth-order valence-corrected chi connectivity index (χ4v) is 3.59. The van der Waals surface area contributed by atoms with Crippen LogP contribution in [-0.2, 0) is 22.4 Å². The van der Waals surface area contributed by atoms with Gasteiger partial charge in [-0.3, -0.25) is 4.68 Å². The van der Waals surface area contributed by atoms with E-state index in [4.69, 9.17) is 9.84 Å². The second kappa shape index (κ2) is 6.48. The van der Waals surface area contributed by atoms with Crippen LogP contribution in [0.1, 0.15) is 38.1 Å². The highest BCUT2D eigenvalue weighted by Gasteiger charge is 2.29. The first kappa shape index (κ1) is 16.2. The van der Waals surface area contributed by atoms with E-state index < -0.39 is 0 Å². The van der Waals surface area contributed by atoms with Crippen LogP contribution in [0.2, 0.25) is 0 Å². The highest BCUT2D eigenvalue weighted by Crippen LogP contribution is 2.35. The van der Waals surface area contributed by atoms with Gasteiger partial charge in [-0.25, -0.2) is 4.79 Å². The molecule has 5 heteroatoms. The summed E-state index contributed by atoms with van der Waals surface area (Å²) < 4.78 is 8.12. The van der Waals surface area contributed by atoms with Gasteiger partial charge in [-0.1, -0.05) is 35.8 Å². The Kier molecular flexibility index (Phi) is 4.57. The van der Waals surface area contributed by atoms with E-state index in [-0.39, 0.29) is 17.9 Å². The van der Waals surface area contributed by atoms with Crippen molar-refractivity contribution in [2.45, 2.75) is 39.7 Å². The summed E-state index contributed by atoms with van der Waals surface area (Å²) >= 11 is 3.53. The number of rotatable bonds is 4. The summed E-state index contributed by atoms with van der Waals surface area (Å²) in [4.78, 5) is 12.3. The lowest BCUT2D eigenvalue weighted by atomic mass is 9.90. The van der Waals surface area contributed by atoms with Crippen LogP contribution in [0.3, 0.4) is 0 Å². The first-order chi connectivity index (χ1) is 11.0. The predicted molar refractivity (Wildman–Crippen MR) is 93.3 cm³/mol. The number of carbonyl (C=O) groups excluding carboxylic acids is 1. The number of halogens is 1. The second-order valence-electron chi connectivity index (χ2n) is 6.21. The van der Waals surface area contributed by atoms with Gasteiger partial charge in [0.15, 0.2) is 6.04 Å². The number of hydrogen-bond acceptors (Lipinski definition) is 3. The zero-order valence-corrected chi connectivity index (χ0v) is 15.3. The van der Waals surface area contributed by atoms with E-state index in [1.807, 2.05) is 27.0 Å². The Balaban J connectivity index is 2.02. The minimum absolute atomic E-state index is 0.125. The fraction of sp³-hybridized carbons (Fsp3) is 0.444. The summed E-state index contributed by atoms with van der Waals surface area (Å²) in [5, 5.41) is 4.70. The number of carbonyl (C=O) groups is 1. The maximum absolute atomic E-state index is 12.3. The molecule has 0 bridgehead atoms. The summed E-state index contributed by atoms with van der Waals surface area (Å²) in [6, 6.07) is 5.97. The van der Waals surface area contributed by atoms with Gasteiger partial charge in [0.25, 0.3) is 0 Å². The molecule has 1 aromatic carbocycles. The van der Waals surface area contributed by atoms with Gasteiger partial charge >= 0.3 is 5.97 Å². The molecule has 122 valence electrons. The van der Waals surface area contributed by atoms with Crippen molar-refractivity contribution >= 4 is 21.9 Å². The number of aryl methyl sites for hydroxylation is 2. The number of aromatic nitrogens is 2. The first-order valence-electron chi connectivity index (χ1n) is 8.04. The van der Waals surface area contributed by atoms with Crippen LogP contribution in [0.5, 0.6) is 0 Å². The van der Waals surface area contributed by atoms with Crippen LogP contribution in [0.25, 0.3) is 11.1 Å². The summed E-state index contributed by atoms with van der Waals surface area (Å²) in [5.74, 6) is -0.0850. The smallest absolute Gasteiger partial charge is 0.331 e. The molecule has 0 saturated carbocycles. The molecule has 23 heavy (non-hydrogen) atoms. The molecule has 1 aliphatic carbocycles. The Bertz CT molecular complexity index is 737. The Hall–Kier alpha value is -1.62. The van der Waals surface area contributed by atoms with E-state index in [0.29, 0.717) is 6.61 Å². The third kappa shape index (κ3) is 3.07. The van der Waals surface area contributed by atoms with Gasteiger partial charge in [0.2, 0.25) is 0 Å². The molecular weight excluding hydrogens is 356 g/mol. The van der Waals surface area contributed by atoms with Crippen LogP contribution >= 0.6 is 15.9 Å². The lowest BCUT2D eigenvalue weighted by molar-refractivity contribution is -0.149. The molecule has 4 nitrogen and oxygen atoms in total. The van der Waals surface area contributed by atoms with Crippen molar-refractivity contribution in [2.24, 2.45) is 5.92 Å². The monoisotopic (exact) mass is 376 g/mol. The molecule has 2 aromatic rings. The topological polar surface area (TPSA) is 44.1 Å². The van der Waals surface area contributed by atoms with Crippen molar-refractivity contribution in [3.8, 4) is 11.1 Å². The highest BCUT2D eigenvalue weighted by atomic mass is 79.9. The lowest BCUT2D eigenvalue weighted by Gasteiger charge is -2.19. The van der Waals surface area contributed by atoms with Gasteiger partial charge in [0.05, 0.1) is 12.3 Å². The number of nitrogens with zero attached hydrogens (tertiary/aromatic N) is 2.